The van der Waals surface area contributed by atoms with E-state index in [0.717, 1.165) is 31.0 Å². The number of amides is 2. The van der Waals surface area contributed by atoms with Crippen LogP contribution in [0, 0.1) is 12.8 Å². The van der Waals surface area contributed by atoms with Crippen LogP contribution in [0.4, 0.5) is 4.79 Å². The number of aromatic nitrogens is 1. The van der Waals surface area contributed by atoms with E-state index < -0.39 is 0 Å². The van der Waals surface area contributed by atoms with Gasteiger partial charge in [0.05, 0.1) is 11.1 Å². The summed E-state index contributed by atoms with van der Waals surface area (Å²) in [5.41, 5.74) is 0. The molecule has 118 valence electrons. The number of rotatable bonds is 6. The van der Waals surface area contributed by atoms with Crippen LogP contribution in [0.2, 0.25) is 0 Å². The molecule has 0 spiro atoms. The fraction of sp³-hybridized carbons (Fsp3) is 0.733. The number of nitrogens with one attached hydrogen (secondary N) is 1. The summed E-state index contributed by atoms with van der Waals surface area (Å²) in [6, 6.07) is 0.0129. The monoisotopic (exact) mass is 311 g/mol. The Bertz CT molecular complexity index is 462. The quantitative estimate of drug-likeness (QED) is 0.878. The molecule has 1 saturated heterocycles. The topological polar surface area (TPSA) is 54.5 Å². The molecule has 2 rings (SSSR count). The van der Waals surface area contributed by atoms with Crippen LogP contribution in [0.15, 0.2) is 6.20 Å². The molecule has 1 aromatic heterocycles. The summed E-state index contributed by atoms with van der Waals surface area (Å²) >= 11 is 1.69. The molecule has 1 atom stereocenters. The second kappa shape index (κ2) is 7.75. The van der Waals surface area contributed by atoms with Crippen molar-refractivity contribution in [3.63, 3.8) is 0 Å². The van der Waals surface area contributed by atoms with E-state index >= 15 is 0 Å². The third-order valence-corrected chi connectivity index (χ3v) is 4.35. The average Bonchev–Trinajstić information content (AvgIpc) is 3.05. The molecule has 1 aromatic rings. The lowest BCUT2D eigenvalue weighted by molar-refractivity contribution is 0.0436. The van der Waals surface area contributed by atoms with Crippen molar-refractivity contribution in [3.05, 3.63) is 16.1 Å². The zero-order valence-corrected chi connectivity index (χ0v) is 13.9. The van der Waals surface area contributed by atoms with Crippen LogP contribution < -0.4 is 5.32 Å². The molecule has 1 N–H and O–H groups in total. The molecule has 0 saturated carbocycles. The van der Waals surface area contributed by atoms with E-state index in [2.05, 4.69) is 24.1 Å². The standard InChI is InChI=1S/C15H25N3O2S/c1-11(2)10-20-13-5-7-18(9-13)15(19)16-6-4-14-17-8-12(3)21-14/h8,11,13H,4-7,9-10H2,1-3H3,(H,16,19)/t13-/m0/s1. The Labute approximate surface area is 130 Å². The van der Waals surface area contributed by atoms with E-state index in [1.807, 2.05) is 18.0 Å². The number of nitrogens with zero attached hydrogens (tertiary/aromatic N) is 2. The molecule has 0 unspecified atom stereocenters. The van der Waals surface area contributed by atoms with Gasteiger partial charge in [-0.1, -0.05) is 13.8 Å². The smallest absolute Gasteiger partial charge is 0.317 e. The summed E-state index contributed by atoms with van der Waals surface area (Å²) < 4.78 is 5.79. The van der Waals surface area contributed by atoms with Gasteiger partial charge in [0.15, 0.2) is 0 Å². The van der Waals surface area contributed by atoms with Gasteiger partial charge >= 0.3 is 6.03 Å². The third-order valence-electron chi connectivity index (χ3n) is 3.38. The van der Waals surface area contributed by atoms with Gasteiger partial charge in [0.2, 0.25) is 0 Å². The van der Waals surface area contributed by atoms with Gasteiger partial charge in [0, 0.05) is 43.7 Å². The molecule has 0 radical (unpaired) electrons. The van der Waals surface area contributed by atoms with Crippen LogP contribution in [0.5, 0.6) is 0 Å². The number of carbonyl (C=O) groups excluding carboxylic acids is 1. The van der Waals surface area contributed by atoms with Crippen molar-refractivity contribution in [2.75, 3.05) is 26.2 Å². The fourth-order valence-electron chi connectivity index (χ4n) is 2.28. The SMILES string of the molecule is Cc1cnc(CCNC(=O)N2CC[C@H](OCC(C)C)C2)s1. The molecule has 0 bridgehead atoms. The Morgan fingerprint density at radius 1 is 1.62 bits per heavy atom. The molecule has 2 amide bonds. The summed E-state index contributed by atoms with van der Waals surface area (Å²) in [4.78, 5) is 19.4. The molecule has 1 fully saturated rings. The molecule has 1 aliphatic rings. The van der Waals surface area contributed by atoms with Crippen LogP contribution in [0.3, 0.4) is 0 Å². The van der Waals surface area contributed by atoms with Crippen molar-refractivity contribution in [1.82, 2.24) is 15.2 Å². The van der Waals surface area contributed by atoms with Gasteiger partial charge in [-0.15, -0.1) is 11.3 Å². The minimum absolute atomic E-state index is 0.0129. The summed E-state index contributed by atoms with van der Waals surface area (Å²) in [6.45, 7) is 9.21. The van der Waals surface area contributed by atoms with Crippen molar-refractivity contribution in [2.45, 2.75) is 39.7 Å². The van der Waals surface area contributed by atoms with Crippen molar-refractivity contribution in [1.29, 1.82) is 0 Å². The molecule has 21 heavy (non-hydrogen) atoms. The largest absolute Gasteiger partial charge is 0.376 e. The van der Waals surface area contributed by atoms with Crippen LogP contribution in [-0.2, 0) is 11.2 Å². The van der Waals surface area contributed by atoms with E-state index in [-0.39, 0.29) is 12.1 Å². The zero-order valence-electron chi connectivity index (χ0n) is 13.1. The molecule has 1 aliphatic heterocycles. The lowest BCUT2D eigenvalue weighted by Gasteiger charge is -2.18. The van der Waals surface area contributed by atoms with Gasteiger partial charge in [0.1, 0.15) is 0 Å². The molecule has 6 heteroatoms. The Morgan fingerprint density at radius 2 is 2.43 bits per heavy atom. The summed E-state index contributed by atoms with van der Waals surface area (Å²) in [5, 5.41) is 4.04. The maximum atomic E-state index is 12.1. The van der Waals surface area contributed by atoms with Crippen LogP contribution in [0.25, 0.3) is 0 Å². The zero-order chi connectivity index (χ0) is 15.2. The Morgan fingerprint density at radius 3 is 3.10 bits per heavy atom. The number of carbonyl (C=O) groups is 1. The Balaban J connectivity index is 1.65. The summed E-state index contributed by atoms with van der Waals surface area (Å²) in [5.74, 6) is 0.537. The van der Waals surface area contributed by atoms with Crippen molar-refractivity contribution in [2.24, 2.45) is 5.92 Å². The molecule has 5 nitrogen and oxygen atoms in total. The minimum atomic E-state index is 0.0129. The second-order valence-electron chi connectivity index (χ2n) is 5.93. The number of thiazole rings is 1. The highest BCUT2D eigenvalue weighted by molar-refractivity contribution is 7.11. The molecular formula is C15H25N3O2S. The average molecular weight is 311 g/mol. The predicted octanol–water partition coefficient (Wildman–Crippen LogP) is 2.45. The lowest BCUT2D eigenvalue weighted by Crippen LogP contribution is -2.40. The van der Waals surface area contributed by atoms with E-state index in [4.69, 9.17) is 4.74 Å². The van der Waals surface area contributed by atoms with Crippen LogP contribution in [0.1, 0.15) is 30.2 Å². The maximum absolute atomic E-state index is 12.1. The van der Waals surface area contributed by atoms with Gasteiger partial charge in [-0.2, -0.15) is 0 Å². The number of aryl methyl sites for hydroxylation is 1. The Kier molecular flexibility index (Phi) is 5.99. The van der Waals surface area contributed by atoms with Crippen molar-refractivity contribution in [3.8, 4) is 0 Å². The molecule has 0 aromatic carbocycles. The lowest BCUT2D eigenvalue weighted by atomic mass is 10.2. The van der Waals surface area contributed by atoms with Gasteiger partial charge in [0.25, 0.3) is 0 Å². The number of likely N-dealkylation sites (tertiary alicyclic amines) is 1. The van der Waals surface area contributed by atoms with Gasteiger partial charge in [-0.25, -0.2) is 9.78 Å². The predicted molar refractivity (Wildman–Crippen MR) is 84.7 cm³/mol. The summed E-state index contributed by atoms with van der Waals surface area (Å²) in [6.07, 6.45) is 3.80. The first-order valence-electron chi connectivity index (χ1n) is 7.60. The number of hydrogen-bond donors (Lipinski definition) is 1. The number of ether oxygens (including phenoxy) is 1. The van der Waals surface area contributed by atoms with Crippen molar-refractivity contribution >= 4 is 17.4 Å². The van der Waals surface area contributed by atoms with Gasteiger partial charge in [-0.3, -0.25) is 0 Å². The molecule has 0 aliphatic carbocycles. The van der Waals surface area contributed by atoms with E-state index in [1.54, 1.807) is 11.3 Å². The van der Waals surface area contributed by atoms with Crippen LogP contribution >= 0.6 is 11.3 Å². The summed E-state index contributed by atoms with van der Waals surface area (Å²) in [7, 11) is 0. The first-order chi connectivity index (χ1) is 10.0. The van der Waals surface area contributed by atoms with E-state index in [1.165, 1.54) is 4.88 Å². The molecular weight excluding hydrogens is 286 g/mol. The highest BCUT2D eigenvalue weighted by atomic mass is 32.1. The first-order valence-corrected chi connectivity index (χ1v) is 8.42. The normalized spacial score (nSPS) is 18.5. The van der Waals surface area contributed by atoms with Crippen molar-refractivity contribution < 1.29 is 9.53 Å². The van der Waals surface area contributed by atoms with E-state index in [0.29, 0.717) is 19.0 Å². The van der Waals surface area contributed by atoms with E-state index in [9.17, 15) is 4.79 Å². The number of urea groups is 1. The molecule has 2 heterocycles. The Hall–Kier alpha value is -1.14. The highest BCUT2D eigenvalue weighted by Gasteiger charge is 2.26. The first kappa shape index (κ1) is 16.2. The highest BCUT2D eigenvalue weighted by Crippen LogP contribution is 2.14. The third kappa shape index (κ3) is 5.28. The maximum Gasteiger partial charge on any atom is 0.317 e. The second-order valence-corrected chi connectivity index (χ2v) is 7.25. The van der Waals surface area contributed by atoms with Crippen LogP contribution in [-0.4, -0.2) is 48.3 Å². The minimum Gasteiger partial charge on any atom is -0.376 e. The number of hydrogen-bond acceptors (Lipinski definition) is 4. The fourth-order valence-corrected chi connectivity index (χ4v) is 3.07. The van der Waals surface area contributed by atoms with Gasteiger partial charge in [-0.05, 0) is 19.3 Å². The van der Waals surface area contributed by atoms with Gasteiger partial charge < -0.3 is 15.0 Å².